The monoisotopic (exact) mass is 729 g/mol. The summed E-state index contributed by atoms with van der Waals surface area (Å²) in [7, 11) is 0. The molecule has 11 rings (SSSR count). The van der Waals surface area contributed by atoms with Crippen LogP contribution in [0.15, 0.2) is 205 Å². The lowest BCUT2D eigenvalue weighted by atomic mass is 9.79. The van der Waals surface area contributed by atoms with E-state index in [1.165, 1.54) is 66.4 Å². The molecule has 0 saturated heterocycles. The van der Waals surface area contributed by atoms with Gasteiger partial charge in [0.25, 0.3) is 0 Å². The third kappa shape index (κ3) is 5.40. The molecule has 1 aliphatic rings. The summed E-state index contributed by atoms with van der Waals surface area (Å²) in [5.41, 5.74) is 17.5. The van der Waals surface area contributed by atoms with Gasteiger partial charge in [-0.2, -0.15) is 0 Å². The third-order valence-corrected chi connectivity index (χ3v) is 12.0. The quantitative estimate of drug-likeness (QED) is 0.169. The van der Waals surface area contributed by atoms with Crippen molar-refractivity contribution in [3.05, 3.63) is 211 Å². The van der Waals surface area contributed by atoms with Crippen molar-refractivity contribution in [2.75, 3.05) is 4.90 Å². The zero-order chi connectivity index (χ0) is 38.1. The van der Waals surface area contributed by atoms with Crippen molar-refractivity contribution < 1.29 is 4.42 Å². The topological polar surface area (TPSA) is 16.4 Å². The van der Waals surface area contributed by atoms with Crippen molar-refractivity contribution in [2.45, 2.75) is 19.3 Å². The number of benzene rings is 9. The molecule has 0 atom stereocenters. The van der Waals surface area contributed by atoms with Crippen LogP contribution in [0, 0.1) is 0 Å². The molecule has 9 aromatic carbocycles. The van der Waals surface area contributed by atoms with Crippen LogP contribution in [0.25, 0.3) is 77.2 Å². The average Bonchev–Trinajstić information content (AvgIpc) is 3.77. The maximum Gasteiger partial charge on any atom is 0.159 e. The van der Waals surface area contributed by atoms with E-state index in [0.717, 1.165) is 39.0 Å². The molecule has 1 heterocycles. The van der Waals surface area contributed by atoms with Gasteiger partial charge in [-0.1, -0.05) is 166 Å². The number of hydrogen-bond acceptors (Lipinski definition) is 2. The normalized spacial score (nSPS) is 12.9. The predicted molar refractivity (Wildman–Crippen MR) is 240 cm³/mol. The summed E-state index contributed by atoms with van der Waals surface area (Å²) in [5, 5.41) is 4.73. The fourth-order valence-electron chi connectivity index (χ4n) is 9.26. The summed E-state index contributed by atoms with van der Waals surface area (Å²) in [6, 6.07) is 72.5. The first-order valence-corrected chi connectivity index (χ1v) is 19.8. The molecule has 0 fully saturated rings. The second-order valence-corrected chi connectivity index (χ2v) is 15.7. The van der Waals surface area contributed by atoms with Crippen molar-refractivity contribution in [1.29, 1.82) is 0 Å². The Morgan fingerprint density at radius 2 is 0.982 bits per heavy atom. The molecule has 270 valence electrons. The molecular formula is C55H39NO. The standard InChI is InChI=1S/C55H39NO/c1-55(2)50-21-7-5-16-46(50)48-19-10-18-45(53(48)55)38-28-32-44(33-29-38)56(51-22-11-20-49-47-17-6-8-23-52(47)57-54(49)51)43-30-26-37(27-31-43)40-14-9-15-41(34-40)42-25-24-36-12-3-4-13-39(36)35-42/h3-35H,1-2H3. The molecular weight excluding hydrogens is 691 g/mol. The Hall–Kier alpha value is -7.16. The Balaban J connectivity index is 1.00. The van der Waals surface area contributed by atoms with Crippen LogP contribution in [0.2, 0.25) is 0 Å². The summed E-state index contributed by atoms with van der Waals surface area (Å²) < 4.78 is 6.64. The van der Waals surface area contributed by atoms with E-state index in [4.69, 9.17) is 4.42 Å². The van der Waals surface area contributed by atoms with Gasteiger partial charge in [-0.15, -0.1) is 0 Å². The third-order valence-electron chi connectivity index (χ3n) is 12.0. The number of nitrogens with zero attached hydrogens (tertiary/aromatic N) is 1. The second kappa shape index (κ2) is 13.0. The lowest BCUT2D eigenvalue weighted by Gasteiger charge is -2.27. The van der Waals surface area contributed by atoms with E-state index in [1.807, 2.05) is 6.07 Å². The molecule has 0 N–H and O–H groups in total. The van der Waals surface area contributed by atoms with Gasteiger partial charge in [0.15, 0.2) is 5.58 Å². The molecule has 0 unspecified atom stereocenters. The van der Waals surface area contributed by atoms with E-state index in [2.05, 4.69) is 213 Å². The summed E-state index contributed by atoms with van der Waals surface area (Å²) in [4.78, 5) is 2.33. The van der Waals surface area contributed by atoms with Crippen molar-refractivity contribution in [3.63, 3.8) is 0 Å². The minimum Gasteiger partial charge on any atom is -0.454 e. The maximum absolute atomic E-state index is 6.64. The molecule has 2 heteroatoms. The molecule has 0 aliphatic heterocycles. The predicted octanol–water partition coefficient (Wildman–Crippen LogP) is 15.5. The molecule has 1 aromatic heterocycles. The molecule has 1 aliphatic carbocycles. The Morgan fingerprint density at radius 1 is 0.404 bits per heavy atom. The molecule has 2 nitrogen and oxygen atoms in total. The van der Waals surface area contributed by atoms with Crippen LogP contribution < -0.4 is 4.90 Å². The highest BCUT2D eigenvalue weighted by Gasteiger charge is 2.37. The van der Waals surface area contributed by atoms with Crippen LogP contribution >= 0.6 is 0 Å². The van der Waals surface area contributed by atoms with Gasteiger partial charge in [-0.25, -0.2) is 0 Å². The van der Waals surface area contributed by atoms with Crippen molar-refractivity contribution in [2.24, 2.45) is 0 Å². The van der Waals surface area contributed by atoms with E-state index in [-0.39, 0.29) is 5.41 Å². The van der Waals surface area contributed by atoms with Crippen LogP contribution in [-0.4, -0.2) is 0 Å². The van der Waals surface area contributed by atoms with Gasteiger partial charge in [0.05, 0.1) is 5.69 Å². The largest absolute Gasteiger partial charge is 0.454 e. The van der Waals surface area contributed by atoms with Crippen LogP contribution in [0.5, 0.6) is 0 Å². The number of hydrogen-bond donors (Lipinski definition) is 0. The Bertz CT molecular complexity index is 3150. The van der Waals surface area contributed by atoms with E-state index in [1.54, 1.807) is 0 Å². The Morgan fingerprint density at radius 3 is 1.81 bits per heavy atom. The molecule has 0 radical (unpaired) electrons. The molecule has 10 aromatic rings. The van der Waals surface area contributed by atoms with Crippen molar-refractivity contribution >= 4 is 49.8 Å². The first kappa shape index (κ1) is 33.2. The zero-order valence-electron chi connectivity index (χ0n) is 31.9. The number of rotatable bonds is 6. The molecule has 0 spiro atoms. The SMILES string of the molecule is CC1(C)c2ccccc2-c2cccc(-c3ccc(N(c4ccc(-c5cccc(-c6ccc7ccccc7c6)c5)cc4)c4cccc5c4oc4ccccc45)cc3)c21. The van der Waals surface area contributed by atoms with Gasteiger partial charge in [0.1, 0.15) is 5.58 Å². The van der Waals surface area contributed by atoms with Gasteiger partial charge in [-0.3, -0.25) is 0 Å². The van der Waals surface area contributed by atoms with E-state index in [0.29, 0.717) is 0 Å². The lowest BCUT2D eigenvalue weighted by Crippen LogP contribution is -2.16. The molecule has 0 amide bonds. The van der Waals surface area contributed by atoms with Gasteiger partial charge < -0.3 is 9.32 Å². The van der Waals surface area contributed by atoms with E-state index < -0.39 is 0 Å². The number of furan rings is 1. The first-order chi connectivity index (χ1) is 28.0. The minimum atomic E-state index is -0.0963. The summed E-state index contributed by atoms with van der Waals surface area (Å²) in [6.07, 6.45) is 0. The fraction of sp³-hybridized carbons (Fsp3) is 0.0545. The lowest BCUT2D eigenvalue weighted by molar-refractivity contribution is 0.662. The Kier molecular flexibility index (Phi) is 7.55. The zero-order valence-corrected chi connectivity index (χ0v) is 31.9. The summed E-state index contributed by atoms with van der Waals surface area (Å²) in [5.74, 6) is 0. The van der Waals surface area contributed by atoms with Gasteiger partial charge in [0.2, 0.25) is 0 Å². The van der Waals surface area contributed by atoms with Gasteiger partial charge in [0, 0.05) is 27.6 Å². The highest BCUT2D eigenvalue weighted by Crippen LogP contribution is 2.52. The van der Waals surface area contributed by atoms with Crippen LogP contribution in [0.3, 0.4) is 0 Å². The minimum absolute atomic E-state index is 0.0963. The summed E-state index contributed by atoms with van der Waals surface area (Å²) in [6.45, 7) is 4.71. The number of para-hydroxylation sites is 2. The number of fused-ring (bicyclic) bond motifs is 7. The molecule has 0 saturated carbocycles. The fourth-order valence-corrected chi connectivity index (χ4v) is 9.26. The van der Waals surface area contributed by atoms with E-state index >= 15 is 0 Å². The highest BCUT2D eigenvalue weighted by molar-refractivity contribution is 6.10. The Labute approximate surface area is 332 Å². The van der Waals surface area contributed by atoms with Gasteiger partial charge >= 0.3 is 0 Å². The maximum atomic E-state index is 6.64. The van der Waals surface area contributed by atoms with Crippen LogP contribution in [0.4, 0.5) is 17.1 Å². The average molecular weight is 730 g/mol. The van der Waals surface area contributed by atoms with E-state index in [9.17, 15) is 0 Å². The molecule has 0 bridgehead atoms. The van der Waals surface area contributed by atoms with Gasteiger partial charge in [-0.05, 0) is 115 Å². The molecule has 57 heavy (non-hydrogen) atoms. The second-order valence-electron chi connectivity index (χ2n) is 15.7. The first-order valence-electron chi connectivity index (χ1n) is 19.8. The van der Waals surface area contributed by atoms with Crippen LogP contribution in [-0.2, 0) is 5.41 Å². The summed E-state index contributed by atoms with van der Waals surface area (Å²) >= 11 is 0. The van der Waals surface area contributed by atoms with Crippen molar-refractivity contribution in [1.82, 2.24) is 0 Å². The number of anilines is 3. The van der Waals surface area contributed by atoms with Crippen LogP contribution in [0.1, 0.15) is 25.0 Å². The van der Waals surface area contributed by atoms with Crippen molar-refractivity contribution in [3.8, 4) is 44.5 Å². The smallest absolute Gasteiger partial charge is 0.159 e. The highest BCUT2D eigenvalue weighted by atomic mass is 16.3.